The number of halogens is 2. The van der Waals surface area contributed by atoms with E-state index in [1.165, 1.54) is 6.07 Å². The minimum Gasteiger partial charge on any atom is -0.323 e. The van der Waals surface area contributed by atoms with Crippen molar-refractivity contribution in [2.24, 2.45) is 0 Å². The van der Waals surface area contributed by atoms with Gasteiger partial charge in [0, 0.05) is 10.0 Å². The van der Waals surface area contributed by atoms with Crippen molar-refractivity contribution < 1.29 is 14.0 Å². The summed E-state index contributed by atoms with van der Waals surface area (Å²) in [4.78, 5) is 26.0. The van der Waals surface area contributed by atoms with Crippen LogP contribution in [0.25, 0.3) is 0 Å². The third-order valence-corrected chi connectivity index (χ3v) is 4.44. The Hall–Kier alpha value is -1.43. The van der Waals surface area contributed by atoms with Crippen molar-refractivity contribution in [3.63, 3.8) is 0 Å². The van der Waals surface area contributed by atoms with Crippen molar-refractivity contribution in [2.45, 2.75) is 51.6 Å². The van der Waals surface area contributed by atoms with Crippen LogP contribution >= 0.6 is 15.9 Å². The topological polar surface area (TPSA) is 49.4 Å². The summed E-state index contributed by atoms with van der Waals surface area (Å²) in [6, 6.07) is 4.18. The molecule has 1 N–H and O–H groups in total. The largest absolute Gasteiger partial charge is 0.325 e. The lowest BCUT2D eigenvalue weighted by Crippen LogP contribution is -2.46. The number of benzene rings is 1. The van der Waals surface area contributed by atoms with Crippen molar-refractivity contribution in [3.8, 4) is 0 Å². The first-order valence-corrected chi connectivity index (χ1v) is 8.31. The molecule has 1 saturated heterocycles. The average molecular weight is 371 g/mol. The number of carbonyl (C=O) groups is 2. The molecule has 1 fully saturated rings. The Kier molecular flexibility index (Phi) is 5.21. The lowest BCUT2D eigenvalue weighted by atomic mass is 9.88. The number of urea groups is 1. The number of nitrogens with zero attached hydrogens (tertiary/aromatic N) is 1. The molecule has 120 valence electrons. The molecule has 4 nitrogen and oxygen atoms in total. The molecule has 22 heavy (non-hydrogen) atoms. The highest BCUT2D eigenvalue weighted by molar-refractivity contribution is 9.10. The third kappa shape index (κ3) is 3.16. The smallest absolute Gasteiger partial charge is 0.323 e. The molecule has 0 aliphatic carbocycles. The van der Waals surface area contributed by atoms with Gasteiger partial charge in [0.15, 0.2) is 0 Å². The number of carbonyl (C=O) groups excluding carboxylic acids is 2. The summed E-state index contributed by atoms with van der Waals surface area (Å²) < 4.78 is 14.6. The Labute approximate surface area is 138 Å². The van der Waals surface area contributed by atoms with Gasteiger partial charge >= 0.3 is 6.03 Å². The molecule has 1 aliphatic rings. The monoisotopic (exact) mass is 370 g/mol. The van der Waals surface area contributed by atoms with Gasteiger partial charge in [-0.15, -0.1) is 0 Å². The maximum atomic E-state index is 13.9. The standard InChI is InChI=1S/C16H20BrFN2O2/c1-3-7-16(8-4-2)14(21)20(15(22)19-16)10-11-5-6-12(17)9-13(11)18/h5-6,9H,3-4,7-8,10H2,1-2H3,(H,19,22). The van der Waals surface area contributed by atoms with E-state index < -0.39 is 17.4 Å². The highest BCUT2D eigenvalue weighted by Crippen LogP contribution is 2.29. The molecule has 0 bridgehead atoms. The summed E-state index contributed by atoms with van der Waals surface area (Å²) in [6.07, 6.45) is 2.80. The van der Waals surface area contributed by atoms with Gasteiger partial charge in [0.05, 0.1) is 6.54 Å². The number of amides is 3. The molecule has 1 aliphatic heterocycles. The molecule has 3 amide bonds. The van der Waals surface area contributed by atoms with E-state index in [4.69, 9.17) is 0 Å². The van der Waals surface area contributed by atoms with Crippen molar-refractivity contribution in [1.82, 2.24) is 10.2 Å². The summed E-state index contributed by atoms with van der Waals surface area (Å²) >= 11 is 3.19. The fourth-order valence-corrected chi connectivity index (χ4v) is 3.29. The molecule has 0 unspecified atom stereocenters. The molecule has 6 heteroatoms. The summed E-state index contributed by atoms with van der Waals surface area (Å²) in [5, 5.41) is 2.83. The molecule has 0 atom stereocenters. The van der Waals surface area contributed by atoms with E-state index in [0.29, 0.717) is 22.9 Å². The Balaban J connectivity index is 2.24. The second kappa shape index (κ2) is 6.77. The zero-order chi connectivity index (χ0) is 16.3. The van der Waals surface area contributed by atoms with Crippen LogP contribution in [0.5, 0.6) is 0 Å². The Bertz CT molecular complexity index is 586. The minimum atomic E-state index is -0.827. The van der Waals surface area contributed by atoms with Crippen LogP contribution in [0.15, 0.2) is 22.7 Å². The quantitative estimate of drug-likeness (QED) is 0.769. The first-order chi connectivity index (χ1) is 10.4. The molecule has 2 rings (SSSR count). The number of imide groups is 1. The zero-order valence-electron chi connectivity index (χ0n) is 12.8. The van der Waals surface area contributed by atoms with Crippen LogP contribution in [-0.4, -0.2) is 22.4 Å². The van der Waals surface area contributed by atoms with Gasteiger partial charge in [-0.3, -0.25) is 9.69 Å². The first-order valence-electron chi connectivity index (χ1n) is 7.51. The minimum absolute atomic E-state index is 0.0427. The lowest BCUT2D eigenvalue weighted by Gasteiger charge is -2.25. The van der Waals surface area contributed by atoms with E-state index in [1.807, 2.05) is 13.8 Å². The molecule has 0 saturated carbocycles. The number of nitrogens with one attached hydrogen (secondary N) is 1. The highest BCUT2D eigenvalue weighted by atomic mass is 79.9. The van der Waals surface area contributed by atoms with Gasteiger partial charge in [-0.1, -0.05) is 48.7 Å². The average Bonchev–Trinajstić information content (AvgIpc) is 2.67. The number of hydrogen-bond acceptors (Lipinski definition) is 2. The van der Waals surface area contributed by atoms with Gasteiger partial charge in [-0.2, -0.15) is 0 Å². The Morgan fingerprint density at radius 1 is 1.23 bits per heavy atom. The van der Waals surface area contributed by atoms with Crippen LogP contribution in [0.2, 0.25) is 0 Å². The predicted octanol–water partition coefficient (Wildman–Crippen LogP) is 3.98. The normalized spacial score (nSPS) is 17.0. The van der Waals surface area contributed by atoms with E-state index in [2.05, 4.69) is 21.2 Å². The van der Waals surface area contributed by atoms with Crippen LogP contribution in [0.1, 0.15) is 45.1 Å². The second-order valence-electron chi connectivity index (χ2n) is 5.64. The second-order valence-corrected chi connectivity index (χ2v) is 6.55. The molecule has 0 radical (unpaired) electrons. The summed E-state index contributed by atoms with van der Waals surface area (Å²) in [7, 11) is 0. The van der Waals surface area contributed by atoms with Crippen molar-refractivity contribution in [3.05, 3.63) is 34.1 Å². The summed E-state index contributed by atoms with van der Waals surface area (Å²) in [5.41, 5.74) is -0.498. The SMILES string of the molecule is CCCC1(CCC)NC(=O)N(Cc2ccc(Br)cc2F)C1=O. The predicted molar refractivity (Wildman–Crippen MR) is 85.7 cm³/mol. The molecule has 1 aromatic carbocycles. The maximum Gasteiger partial charge on any atom is 0.325 e. The molecule has 1 heterocycles. The van der Waals surface area contributed by atoms with Crippen molar-refractivity contribution in [1.29, 1.82) is 0 Å². The van der Waals surface area contributed by atoms with Crippen LogP contribution in [0, 0.1) is 5.82 Å². The van der Waals surface area contributed by atoms with Gasteiger partial charge in [-0.05, 0) is 25.0 Å². The van der Waals surface area contributed by atoms with Gasteiger partial charge in [0.1, 0.15) is 11.4 Å². The summed E-state index contributed by atoms with van der Waals surface area (Å²) in [5.74, 6) is -0.679. The van der Waals surface area contributed by atoms with Crippen LogP contribution in [0.4, 0.5) is 9.18 Å². The van der Waals surface area contributed by atoms with E-state index in [1.54, 1.807) is 12.1 Å². The van der Waals surface area contributed by atoms with Crippen LogP contribution < -0.4 is 5.32 Å². The van der Waals surface area contributed by atoms with Gasteiger partial charge in [0.25, 0.3) is 5.91 Å². The third-order valence-electron chi connectivity index (χ3n) is 3.94. The molecular weight excluding hydrogens is 351 g/mol. The van der Waals surface area contributed by atoms with Gasteiger partial charge < -0.3 is 5.32 Å². The van der Waals surface area contributed by atoms with E-state index in [-0.39, 0.29) is 12.5 Å². The van der Waals surface area contributed by atoms with Gasteiger partial charge in [-0.25, -0.2) is 9.18 Å². The van der Waals surface area contributed by atoms with Crippen LogP contribution in [-0.2, 0) is 11.3 Å². The fourth-order valence-electron chi connectivity index (χ4n) is 2.96. The Morgan fingerprint density at radius 2 is 1.86 bits per heavy atom. The van der Waals surface area contributed by atoms with Gasteiger partial charge in [0.2, 0.25) is 0 Å². The zero-order valence-corrected chi connectivity index (χ0v) is 14.4. The number of hydrogen-bond donors (Lipinski definition) is 1. The lowest BCUT2D eigenvalue weighted by molar-refractivity contribution is -0.132. The number of rotatable bonds is 6. The molecular formula is C16H20BrFN2O2. The molecule has 0 spiro atoms. The van der Waals surface area contributed by atoms with Crippen molar-refractivity contribution in [2.75, 3.05) is 0 Å². The van der Waals surface area contributed by atoms with E-state index >= 15 is 0 Å². The summed E-state index contributed by atoms with van der Waals surface area (Å²) in [6.45, 7) is 3.92. The molecule has 0 aromatic heterocycles. The van der Waals surface area contributed by atoms with Crippen molar-refractivity contribution >= 4 is 27.9 Å². The first kappa shape index (κ1) is 16.9. The highest BCUT2D eigenvalue weighted by Gasteiger charge is 2.49. The van der Waals surface area contributed by atoms with Crippen LogP contribution in [0.3, 0.4) is 0 Å². The maximum absolute atomic E-state index is 13.9. The van der Waals surface area contributed by atoms with E-state index in [9.17, 15) is 14.0 Å². The molecule has 1 aromatic rings. The Morgan fingerprint density at radius 3 is 2.41 bits per heavy atom. The van der Waals surface area contributed by atoms with E-state index in [0.717, 1.165) is 17.7 Å². The fraction of sp³-hybridized carbons (Fsp3) is 0.500.